The monoisotopic (exact) mass is 186 g/mol. The number of hydrogen-bond donors (Lipinski definition) is 2. The minimum absolute atomic E-state index is 0.414. The molecule has 0 bridgehead atoms. The van der Waals surface area contributed by atoms with E-state index in [1.54, 1.807) is 0 Å². The van der Waals surface area contributed by atoms with Crippen molar-refractivity contribution in [1.29, 1.82) is 0 Å². The van der Waals surface area contributed by atoms with Gasteiger partial charge in [-0.25, -0.2) is 4.79 Å². The maximum Gasteiger partial charge on any atom is 0.407 e. The van der Waals surface area contributed by atoms with Gasteiger partial charge in [0.05, 0.1) is 0 Å². The van der Waals surface area contributed by atoms with Crippen molar-refractivity contribution < 1.29 is 9.53 Å². The standard InChI is InChI=1S/C7H16N2O2.C2H2/c1-7(2,3)11-6(10)9-5-4-8;1-2/h4-5,8H2,1-3H3,(H,9,10);1-2H. The van der Waals surface area contributed by atoms with E-state index in [1.807, 2.05) is 20.8 Å². The van der Waals surface area contributed by atoms with E-state index < -0.39 is 11.7 Å². The molecule has 76 valence electrons. The summed E-state index contributed by atoms with van der Waals surface area (Å²) in [6.07, 6.45) is 7.59. The molecule has 0 saturated carbocycles. The Morgan fingerprint density at radius 1 is 1.46 bits per heavy atom. The molecule has 1 amide bonds. The van der Waals surface area contributed by atoms with Gasteiger partial charge in [-0.15, -0.1) is 12.8 Å². The Kier molecular flexibility index (Phi) is 8.20. The van der Waals surface area contributed by atoms with Crippen molar-refractivity contribution in [2.24, 2.45) is 5.73 Å². The first-order chi connectivity index (χ1) is 5.95. The van der Waals surface area contributed by atoms with Crippen LogP contribution in [0.5, 0.6) is 0 Å². The normalized spacial score (nSPS) is 9.38. The number of hydrogen-bond acceptors (Lipinski definition) is 3. The zero-order chi connectivity index (χ0) is 10.9. The molecule has 0 aliphatic carbocycles. The molecule has 0 aromatic carbocycles. The molecule has 13 heavy (non-hydrogen) atoms. The van der Waals surface area contributed by atoms with Crippen molar-refractivity contribution in [2.45, 2.75) is 26.4 Å². The fourth-order valence-corrected chi connectivity index (χ4v) is 0.488. The summed E-state index contributed by atoms with van der Waals surface area (Å²) in [7, 11) is 0. The molecule has 0 rings (SSSR count). The van der Waals surface area contributed by atoms with E-state index in [1.165, 1.54) is 0 Å². The molecule has 0 saturated heterocycles. The molecule has 0 atom stereocenters. The lowest BCUT2D eigenvalue weighted by Gasteiger charge is -2.19. The van der Waals surface area contributed by atoms with Crippen LogP contribution in [0.2, 0.25) is 0 Å². The predicted molar refractivity (Wildman–Crippen MR) is 53.2 cm³/mol. The van der Waals surface area contributed by atoms with Crippen molar-refractivity contribution in [3.05, 3.63) is 0 Å². The largest absolute Gasteiger partial charge is 0.444 e. The van der Waals surface area contributed by atoms with Crippen molar-refractivity contribution in [2.75, 3.05) is 13.1 Å². The van der Waals surface area contributed by atoms with E-state index >= 15 is 0 Å². The number of carbonyl (C=O) groups is 1. The van der Waals surface area contributed by atoms with Crippen LogP contribution in [0.3, 0.4) is 0 Å². The van der Waals surface area contributed by atoms with Crippen molar-refractivity contribution in [3.63, 3.8) is 0 Å². The van der Waals surface area contributed by atoms with E-state index in [0.29, 0.717) is 13.1 Å². The minimum atomic E-state index is -0.432. The van der Waals surface area contributed by atoms with Gasteiger partial charge in [0.1, 0.15) is 5.60 Å². The second kappa shape index (κ2) is 7.44. The van der Waals surface area contributed by atoms with Crippen LogP contribution in [0, 0.1) is 12.8 Å². The van der Waals surface area contributed by atoms with Gasteiger partial charge in [-0.05, 0) is 20.8 Å². The van der Waals surface area contributed by atoms with Crippen molar-refractivity contribution in [3.8, 4) is 12.8 Å². The molecular formula is C9H18N2O2. The molecule has 0 radical (unpaired) electrons. The van der Waals surface area contributed by atoms with E-state index in [4.69, 9.17) is 10.5 Å². The molecule has 0 fully saturated rings. The molecule has 0 heterocycles. The highest BCUT2D eigenvalue weighted by atomic mass is 16.6. The van der Waals surface area contributed by atoms with Crippen LogP contribution < -0.4 is 11.1 Å². The fraction of sp³-hybridized carbons (Fsp3) is 0.667. The molecule has 0 unspecified atom stereocenters. The number of ether oxygens (including phenoxy) is 1. The van der Waals surface area contributed by atoms with E-state index in [-0.39, 0.29) is 0 Å². The van der Waals surface area contributed by atoms with Crippen LogP contribution in [0.1, 0.15) is 20.8 Å². The number of alkyl carbamates (subject to hydrolysis) is 1. The highest BCUT2D eigenvalue weighted by Gasteiger charge is 2.14. The van der Waals surface area contributed by atoms with Gasteiger partial charge in [0.15, 0.2) is 0 Å². The van der Waals surface area contributed by atoms with Gasteiger partial charge in [-0.3, -0.25) is 0 Å². The highest BCUT2D eigenvalue weighted by Crippen LogP contribution is 2.05. The number of rotatable bonds is 2. The third kappa shape index (κ3) is 13.7. The lowest BCUT2D eigenvalue weighted by atomic mass is 10.2. The summed E-state index contributed by atoms with van der Waals surface area (Å²) in [5.74, 6) is 0. The lowest BCUT2D eigenvalue weighted by Crippen LogP contribution is -2.35. The second-order valence-electron chi connectivity index (χ2n) is 3.22. The van der Waals surface area contributed by atoms with E-state index in [9.17, 15) is 4.79 Å². The summed E-state index contributed by atoms with van der Waals surface area (Å²) in [6.45, 7) is 6.33. The van der Waals surface area contributed by atoms with Gasteiger partial charge in [0, 0.05) is 13.1 Å². The van der Waals surface area contributed by atoms with E-state index in [0.717, 1.165) is 0 Å². The van der Waals surface area contributed by atoms with Gasteiger partial charge in [-0.1, -0.05) is 0 Å². The van der Waals surface area contributed by atoms with Gasteiger partial charge >= 0.3 is 6.09 Å². The third-order valence-electron chi connectivity index (χ3n) is 0.813. The first-order valence-electron chi connectivity index (χ1n) is 3.96. The SMILES string of the molecule is C#C.CC(C)(C)OC(=O)NCCN. The van der Waals surface area contributed by atoms with Gasteiger partial charge in [-0.2, -0.15) is 0 Å². The average molecular weight is 186 g/mol. The van der Waals surface area contributed by atoms with Crippen LogP contribution in [-0.4, -0.2) is 24.8 Å². The first-order valence-corrected chi connectivity index (χ1v) is 3.96. The van der Waals surface area contributed by atoms with Gasteiger partial charge in [0.2, 0.25) is 0 Å². The quantitative estimate of drug-likeness (QED) is 0.624. The van der Waals surface area contributed by atoms with Crippen LogP contribution in [0.15, 0.2) is 0 Å². The summed E-state index contributed by atoms with van der Waals surface area (Å²) in [4.78, 5) is 10.8. The zero-order valence-electron chi connectivity index (χ0n) is 8.46. The zero-order valence-corrected chi connectivity index (χ0v) is 8.46. The number of amides is 1. The Labute approximate surface area is 79.8 Å². The Hall–Kier alpha value is -1.21. The fourth-order valence-electron chi connectivity index (χ4n) is 0.488. The third-order valence-corrected chi connectivity index (χ3v) is 0.813. The molecule has 4 heteroatoms. The Bertz CT molecular complexity index is 159. The predicted octanol–water partition coefficient (Wildman–Crippen LogP) is 0.719. The molecular weight excluding hydrogens is 168 g/mol. The topological polar surface area (TPSA) is 64.3 Å². The second-order valence-corrected chi connectivity index (χ2v) is 3.22. The van der Waals surface area contributed by atoms with Crippen LogP contribution >= 0.6 is 0 Å². The molecule has 3 N–H and O–H groups in total. The maximum absolute atomic E-state index is 10.8. The maximum atomic E-state index is 10.8. The summed E-state index contributed by atoms with van der Waals surface area (Å²) < 4.78 is 4.93. The number of nitrogens with one attached hydrogen (secondary N) is 1. The molecule has 0 spiro atoms. The average Bonchev–Trinajstić information content (AvgIpc) is 2.01. The van der Waals surface area contributed by atoms with Crippen LogP contribution in [-0.2, 0) is 4.74 Å². The van der Waals surface area contributed by atoms with Crippen molar-refractivity contribution >= 4 is 6.09 Å². The van der Waals surface area contributed by atoms with Gasteiger partial charge in [0.25, 0.3) is 0 Å². The molecule has 0 aliphatic heterocycles. The van der Waals surface area contributed by atoms with Crippen molar-refractivity contribution in [1.82, 2.24) is 5.32 Å². The first kappa shape index (κ1) is 14.3. The lowest BCUT2D eigenvalue weighted by molar-refractivity contribution is 0.0529. The molecule has 0 aromatic heterocycles. The van der Waals surface area contributed by atoms with Gasteiger partial charge < -0.3 is 15.8 Å². The highest BCUT2D eigenvalue weighted by molar-refractivity contribution is 5.67. The molecule has 4 nitrogen and oxygen atoms in total. The summed E-state index contributed by atoms with van der Waals surface area (Å²) in [5, 5.41) is 2.50. The Morgan fingerprint density at radius 3 is 2.23 bits per heavy atom. The number of terminal acetylenes is 1. The molecule has 0 aromatic rings. The number of nitrogens with two attached hydrogens (primary N) is 1. The summed E-state index contributed by atoms with van der Waals surface area (Å²) in [6, 6.07) is 0. The summed E-state index contributed by atoms with van der Waals surface area (Å²) >= 11 is 0. The summed E-state index contributed by atoms with van der Waals surface area (Å²) in [5.41, 5.74) is 4.74. The van der Waals surface area contributed by atoms with E-state index in [2.05, 4.69) is 18.2 Å². The van der Waals surface area contributed by atoms with Crippen LogP contribution in [0.4, 0.5) is 4.79 Å². The minimum Gasteiger partial charge on any atom is -0.444 e. The smallest absolute Gasteiger partial charge is 0.407 e. The Morgan fingerprint density at radius 2 is 1.92 bits per heavy atom. The van der Waals surface area contributed by atoms with Crippen LogP contribution in [0.25, 0.3) is 0 Å². The Balaban J connectivity index is 0. The number of carbonyl (C=O) groups excluding carboxylic acids is 1. The molecule has 0 aliphatic rings.